The Morgan fingerprint density at radius 1 is 1.21 bits per heavy atom. The molecule has 0 fully saturated rings. The van der Waals surface area contributed by atoms with E-state index in [-0.39, 0.29) is 17.7 Å². The van der Waals surface area contributed by atoms with Gasteiger partial charge in [0.2, 0.25) is 10.0 Å². The largest absolute Gasteiger partial charge is 0.326 e. The molecule has 0 saturated carbocycles. The number of hydrogen-bond acceptors (Lipinski definition) is 3. The third-order valence-corrected chi connectivity index (χ3v) is 5.46. The van der Waals surface area contributed by atoms with Gasteiger partial charge in [0.05, 0.1) is 5.75 Å². The van der Waals surface area contributed by atoms with Gasteiger partial charge in [-0.15, -0.1) is 0 Å². The number of benzene rings is 1. The lowest BCUT2D eigenvalue weighted by Crippen LogP contribution is -2.38. The molecular weight excluding hydrogens is 260 g/mol. The van der Waals surface area contributed by atoms with Gasteiger partial charge < -0.3 is 5.73 Å². The molecule has 0 amide bonds. The summed E-state index contributed by atoms with van der Waals surface area (Å²) in [6, 6.07) is 7.41. The van der Waals surface area contributed by atoms with E-state index in [0.717, 1.165) is 11.1 Å². The fraction of sp³-hybridized carbons (Fsp3) is 0.571. The van der Waals surface area contributed by atoms with Crippen molar-refractivity contribution in [2.24, 2.45) is 11.7 Å². The van der Waals surface area contributed by atoms with Crippen molar-refractivity contribution in [1.82, 2.24) is 4.31 Å². The molecule has 19 heavy (non-hydrogen) atoms. The second-order valence-corrected chi connectivity index (χ2v) is 7.31. The Hall–Kier alpha value is -0.910. The van der Waals surface area contributed by atoms with Crippen LogP contribution in [0, 0.1) is 5.92 Å². The molecule has 5 heteroatoms. The zero-order chi connectivity index (χ0) is 14.6. The number of sulfonamides is 1. The Morgan fingerprint density at radius 3 is 2.32 bits per heavy atom. The third kappa shape index (κ3) is 4.30. The maximum Gasteiger partial charge on any atom is 0.218 e. The van der Waals surface area contributed by atoms with E-state index in [1.54, 1.807) is 7.05 Å². The first kappa shape index (κ1) is 16.1. The Bertz CT molecular complexity index is 512. The summed E-state index contributed by atoms with van der Waals surface area (Å²) in [6.07, 6.45) is 0. The number of nitrogens with zero attached hydrogens (tertiary/aromatic N) is 1. The van der Waals surface area contributed by atoms with Crippen LogP contribution in [0.2, 0.25) is 0 Å². The summed E-state index contributed by atoms with van der Waals surface area (Å²) in [5, 5.41) is 0. The minimum atomic E-state index is -3.29. The minimum absolute atomic E-state index is 0.0114. The van der Waals surface area contributed by atoms with Crippen molar-refractivity contribution < 1.29 is 8.42 Å². The highest BCUT2D eigenvalue weighted by molar-refractivity contribution is 7.88. The van der Waals surface area contributed by atoms with Crippen LogP contribution in [0.5, 0.6) is 0 Å². The Labute approximate surface area is 116 Å². The van der Waals surface area contributed by atoms with E-state index in [1.165, 1.54) is 4.31 Å². The van der Waals surface area contributed by atoms with Gasteiger partial charge in [0.1, 0.15) is 0 Å². The zero-order valence-electron chi connectivity index (χ0n) is 12.1. The SMILES string of the molecule is CC(C)C(C)N(C)S(=O)(=O)Cc1cccc(CN)c1. The Morgan fingerprint density at radius 2 is 1.79 bits per heavy atom. The normalized spacial score (nSPS) is 14.1. The van der Waals surface area contributed by atoms with E-state index in [4.69, 9.17) is 5.73 Å². The molecule has 108 valence electrons. The lowest BCUT2D eigenvalue weighted by molar-refractivity contribution is 0.315. The van der Waals surface area contributed by atoms with Crippen LogP contribution in [0.3, 0.4) is 0 Å². The van der Waals surface area contributed by atoms with Crippen molar-refractivity contribution in [2.45, 2.75) is 39.1 Å². The van der Waals surface area contributed by atoms with Crippen molar-refractivity contribution >= 4 is 10.0 Å². The molecule has 1 atom stereocenters. The van der Waals surface area contributed by atoms with Crippen LogP contribution in [-0.4, -0.2) is 25.8 Å². The topological polar surface area (TPSA) is 63.4 Å². The highest BCUT2D eigenvalue weighted by Crippen LogP contribution is 2.17. The molecular formula is C14H24N2O2S. The van der Waals surface area contributed by atoms with Crippen molar-refractivity contribution in [3.8, 4) is 0 Å². The van der Waals surface area contributed by atoms with Crippen LogP contribution in [-0.2, 0) is 22.3 Å². The lowest BCUT2D eigenvalue weighted by atomic mass is 10.1. The summed E-state index contributed by atoms with van der Waals surface area (Å²) < 4.78 is 26.1. The molecule has 0 saturated heterocycles. The third-order valence-electron chi connectivity index (χ3n) is 3.55. The molecule has 0 radical (unpaired) electrons. The summed E-state index contributed by atoms with van der Waals surface area (Å²) in [7, 11) is -1.64. The molecule has 1 unspecified atom stereocenters. The van der Waals surface area contributed by atoms with Crippen LogP contribution in [0.1, 0.15) is 31.9 Å². The van der Waals surface area contributed by atoms with Gasteiger partial charge >= 0.3 is 0 Å². The summed E-state index contributed by atoms with van der Waals surface area (Å²) in [6.45, 7) is 6.39. The molecule has 0 heterocycles. The van der Waals surface area contributed by atoms with Gasteiger partial charge in [-0.3, -0.25) is 0 Å². The molecule has 0 aromatic heterocycles. The van der Waals surface area contributed by atoms with Crippen molar-refractivity contribution in [2.75, 3.05) is 7.05 Å². The first-order valence-electron chi connectivity index (χ1n) is 6.51. The fourth-order valence-corrected chi connectivity index (χ4v) is 3.39. The van der Waals surface area contributed by atoms with E-state index in [0.29, 0.717) is 6.54 Å². The van der Waals surface area contributed by atoms with Gasteiger partial charge in [0.25, 0.3) is 0 Å². The number of nitrogens with two attached hydrogens (primary N) is 1. The molecule has 1 rings (SSSR count). The molecule has 0 aliphatic rings. The minimum Gasteiger partial charge on any atom is -0.326 e. The van der Waals surface area contributed by atoms with Gasteiger partial charge in [0, 0.05) is 19.6 Å². The van der Waals surface area contributed by atoms with Crippen molar-refractivity contribution in [3.63, 3.8) is 0 Å². The standard InChI is InChI=1S/C14H24N2O2S/c1-11(2)12(3)16(4)19(17,18)10-14-7-5-6-13(8-14)9-15/h5-8,11-12H,9-10,15H2,1-4H3. The molecule has 1 aromatic rings. The van der Waals surface area contributed by atoms with Crippen molar-refractivity contribution in [1.29, 1.82) is 0 Å². The maximum absolute atomic E-state index is 12.3. The average Bonchev–Trinajstić information content (AvgIpc) is 2.36. The summed E-state index contributed by atoms with van der Waals surface area (Å²) >= 11 is 0. The van der Waals surface area contributed by atoms with Crippen molar-refractivity contribution in [3.05, 3.63) is 35.4 Å². The number of hydrogen-bond donors (Lipinski definition) is 1. The van der Waals surface area contributed by atoms with Gasteiger partial charge in [-0.1, -0.05) is 38.1 Å². The average molecular weight is 284 g/mol. The second kappa shape index (κ2) is 6.50. The number of rotatable bonds is 6. The first-order chi connectivity index (χ1) is 8.77. The van der Waals surface area contributed by atoms with E-state index >= 15 is 0 Å². The van der Waals surface area contributed by atoms with Gasteiger partial charge in [0.15, 0.2) is 0 Å². The van der Waals surface area contributed by atoms with Gasteiger partial charge in [-0.25, -0.2) is 12.7 Å². The van der Waals surface area contributed by atoms with Crippen LogP contribution >= 0.6 is 0 Å². The van der Waals surface area contributed by atoms with Gasteiger partial charge in [-0.05, 0) is 24.0 Å². The highest BCUT2D eigenvalue weighted by atomic mass is 32.2. The van der Waals surface area contributed by atoms with E-state index in [9.17, 15) is 8.42 Å². The molecule has 1 aromatic carbocycles. The van der Waals surface area contributed by atoms with E-state index in [2.05, 4.69) is 0 Å². The molecule has 2 N–H and O–H groups in total. The second-order valence-electron chi connectivity index (χ2n) is 5.28. The van der Waals surface area contributed by atoms with Gasteiger partial charge in [-0.2, -0.15) is 0 Å². The van der Waals surface area contributed by atoms with Crippen LogP contribution < -0.4 is 5.73 Å². The summed E-state index contributed by atoms with van der Waals surface area (Å²) in [5.74, 6) is 0.309. The van der Waals surface area contributed by atoms with Crippen LogP contribution in [0.25, 0.3) is 0 Å². The maximum atomic E-state index is 12.3. The Kier molecular flexibility index (Phi) is 5.52. The van der Waals surface area contributed by atoms with E-state index < -0.39 is 10.0 Å². The summed E-state index contributed by atoms with van der Waals surface area (Å²) in [4.78, 5) is 0. The molecule has 4 nitrogen and oxygen atoms in total. The first-order valence-corrected chi connectivity index (χ1v) is 8.12. The van der Waals surface area contributed by atoms with E-state index in [1.807, 2.05) is 45.0 Å². The zero-order valence-corrected chi connectivity index (χ0v) is 12.9. The molecule has 0 aliphatic carbocycles. The fourth-order valence-electron chi connectivity index (χ4n) is 1.83. The molecule has 0 aliphatic heterocycles. The van der Waals surface area contributed by atoms with Crippen LogP contribution in [0.15, 0.2) is 24.3 Å². The predicted molar refractivity (Wildman–Crippen MR) is 79.0 cm³/mol. The van der Waals surface area contributed by atoms with Crippen LogP contribution in [0.4, 0.5) is 0 Å². The monoisotopic (exact) mass is 284 g/mol. The Balaban J connectivity index is 2.90. The quantitative estimate of drug-likeness (QED) is 0.868. The molecule has 0 bridgehead atoms. The summed E-state index contributed by atoms with van der Waals surface area (Å²) in [5.41, 5.74) is 7.30. The predicted octanol–water partition coefficient (Wildman–Crippen LogP) is 1.95. The molecule has 0 spiro atoms. The highest BCUT2D eigenvalue weighted by Gasteiger charge is 2.25. The smallest absolute Gasteiger partial charge is 0.218 e. The lowest BCUT2D eigenvalue weighted by Gasteiger charge is -2.27.